The van der Waals surface area contributed by atoms with Gasteiger partial charge in [0, 0.05) is 17.7 Å². The molecule has 0 fully saturated rings. The summed E-state index contributed by atoms with van der Waals surface area (Å²) in [5.41, 5.74) is 0.744. The topological polar surface area (TPSA) is 117 Å². The maximum atomic E-state index is 12.0. The van der Waals surface area contributed by atoms with Crippen LogP contribution in [0.5, 0.6) is 5.75 Å². The van der Waals surface area contributed by atoms with Gasteiger partial charge >= 0.3 is 5.97 Å². The smallest absolute Gasteiger partial charge is 0.358 e. The molecule has 1 aromatic heterocycles. The molecular formula is C13H14N4O4. The van der Waals surface area contributed by atoms with Crippen LogP contribution >= 0.6 is 0 Å². The van der Waals surface area contributed by atoms with Gasteiger partial charge in [-0.3, -0.25) is 4.79 Å². The van der Waals surface area contributed by atoms with Crippen molar-refractivity contribution in [1.29, 1.82) is 0 Å². The molecule has 110 valence electrons. The Labute approximate surface area is 120 Å². The number of hydrogen-bond acceptors (Lipinski definition) is 5. The SMILES string of the molecule is Cc1c(O)cccc1C(=O)NCCn1cc(C(=O)O)nn1. The Hall–Kier alpha value is -2.90. The van der Waals surface area contributed by atoms with Crippen LogP contribution < -0.4 is 5.32 Å². The highest BCUT2D eigenvalue weighted by atomic mass is 16.4. The van der Waals surface area contributed by atoms with E-state index in [2.05, 4.69) is 15.6 Å². The van der Waals surface area contributed by atoms with Crippen molar-refractivity contribution in [2.45, 2.75) is 13.5 Å². The Morgan fingerprint density at radius 1 is 1.38 bits per heavy atom. The molecule has 0 unspecified atom stereocenters. The van der Waals surface area contributed by atoms with E-state index in [1.165, 1.54) is 16.9 Å². The molecule has 8 heteroatoms. The molecule has 2 rings (SSSR count). The molecule has 1 aromatic carbocycles. The fraction of sp³-hybridized carbons (Fsp3) is 0.231. The van der Waals surface area contributed by atoms with Crippen molar-refractivity contribution in [3.05, 3.63) is 41.2 Å². The molecule has 0 bridgehead atoms. The Morgan fingerprint density at radius 2 is 2.14 bits per heavy atom. The highest BCUT2D eigenvalue weighted by Crippen LogP contribution is 2.19. The number of rotatable bonds is 5. The lowest BCUT2D eigenvalue weighted by Crippen LogP contribution is -2.28. The molecule has 8 nitrogen and oxygen atoms in total. The number of carbonyl (C=O) groups excluding carboxylic acids is 1. The maximum absolute atomic E-state index is 12.0. The number of carboxylic acids is 1. The van der Waals surface area contributed by atoms with Crippen molar-refractivity contribution in [3.63, 3.8) is 0 Å². The number of phenolic OH excluding ortho intramolecular Hbond substituents is 1. The minimum Gasteiger partial charge on any atom is -0.508 e. The quantitative estimate of drug-likeness (QED) is 0.734. The van der Waals surface area contributed by atoms with Crippen LogP contribution in [0.1, 0.15) is 26.4 Å². The fourth-order valence-electron chi connectivity index (χ4n) is 1.75. The number of nitrogens with zero attached hydrogens (tertiary/aromatic N) is 3. The summed E-state index contributed by atoms with van der Waals surface area (Å²) in [6.07, 6.45) is 1.29. The van der Waals surface area contributed by atoms with Gasteiger partial charge in [0.25, 0.3) is 5.91 Å². The molecule has 0 spiro atoms. The van der Waals surface area contributed by atoms with E-state index in [0.29, 0.717) is 17.7 Å². The monoisotopic (exact) mass is 290 g/mol. The lowest BCUT2D eigenvalue weighted by Gasteiger charge is -2.08. The zero-order chi connectivity index (χ0) is 15.4. The van der Waals surface area contributed by atoms with Gasteiger partial charge in [-0.05, 0) is 19.1 Å². The first-order valence-electron chi connectivity index (χ1n) is 6.19. The summed E-state index contributed by atoms with van der Waals surface area (Å²) in [6.45, 7) is 2.21. The van der Waals surface area contributed by atoms with Gasteiger partial charge in [0.2, 0.25) is 0 Å². The highest BCUT2D eigenvalue weighted by molar-refractivity contribution is 5.96. The van der Waals surface area contributed by atoms with Gasteiger partial charge in [-0.15, -0.1) is 5.10 Å². The van der Waals surface area contributed by atoms with Crippen molar-refractivity contribution in [2.24, 2.45) is 0 Å². The lowest BCUT2D eigenvalue weighted by atomic mass is 10.1. The van der Waals surface area contributed by atoms with Gasteiger partial charge in [-0.1, -0.05) is 11.3 Å². The first-order chi connectivity index (χ1) is 9.99. The lowest BCUT2D eigenvalue weighted by molar-refractivity contribution is 0.0690. The predicted octanol–water partition coefficient (Wildman–Crippen LogP) is 0.420. The molecular weight excluding hydrogens is 276 g/mol. The summed E-state index contributed by atoms with van der Waals surface area (Å²) in [5, 5.41) is 28.0. The number of aromatic hydroxyl groups is 1. The van der Waals surface area contributed by atoms with Crippen LogP contribution in [0.3, 0.4) is 0 Å². The number of hydrogen-bond donors (Lipinski definition) is 3. The van der Waals surface area contributed by atoms with E-state index in [1.54, 1.807) is 19.1 Å². The van der Waals surface area contributed by atoms with Crippen LogP contribution in [0.2, 0.25) is 0 Å². The Morgan fingerprint density at radius 3 is 2.81 bits per heavy atom. The van der Waals surface area contributed by atoms with Crippen molar-refractivity contribution in [3.8, 4) is 5.75 Å². The molecule has 1 heterocycles. The summed E-state index contributed by atoms with van der Waals surface area (Å²) in [7, 11) is 0. The normalized spacial score (nSPS) is 10.3. The zero-order valence-electron chi connectivity index (χ0n) is 11.3. The van der Waals surface area contributed by atoms with Gasteiger partial charge in [0.1, 0.15) is 5.75 Å². The number of amides is 1. The average Bonchev–Trinajstić information content (AvgIpc) is 2.91. The first-order valence-corrected chi connectivity index (χ1v) is 6.19. The molecule has 0 radical (unpaired) electrons. The van der Waals surface area contributed by atoms with Crippen LogP contribution in [0, 0.1) is 6.92 Å². The summed E-state index contributed by atoms with van der Waals surface area (Å²) < 4.78 is 1.33. The van der Waals surface area contributed by atoms with E-state index >= 15 is 0 Å². The number of aromatic nitrogens is 3. The van der Waals surface area contributed by atoms with Crippen LogP contribution in [-0.2, 0) is 6.54 Å². The largest absolute Gasteiger partial charge is 0.508 e. The van der Waals surface area contributed by atoms with Crippen molar-refractivity contribution in [1.82, 2.24) is 20.3 Å². The van der Waals surface area contributed by atoms with Gasteiger partial charge < -0.3 is 15.5 Å². The van der Waals surface area contributed by atoms with Gasteiger partial charge in [-0.2, -0.15) is 0 Å². The third-order valence-electron chi connectivity index (χ3n) is 2.93. The van der Waals surface area contributed by atoms with Crippen LogP contribution in [-0.4, -0.2) is 43.6 Å². The Bertz CT molecular complexity index is 681. The van der Waals surface area contributed by atoms with Crippen molar-refractivity contribution in [2.75, 3.05) is 6.54 Å². The summed E-state index contributed by atoms with van der Waals surface area (Å²) >= 11 is 0. The molecule has 0 saturated heterocycles. The summed E-state index contributed by atoms with van der Waals surface area (Å²) in [6, 6.07) is 4.71. The van der Waals surface area contributed by atoms with Crippen LogP contribution in [0.15, 0.2) is 24.4 Å². The maximum Gasteiger partial charge on any atom is 0.358 e. The van der Waals surface area contributed by atoms with E-state index in [0.717, 1.165) is 0 Å². The third kappa shape index (κ3) is 3.35. The predicted molar refractivity (Wildman–Crippen MR) is 72.2 cm³/mol. The second kappa shape index (κ2) is 6.04. The van der Waals surface area contributed by atoms with Crippen molar-refractivity contribution < 1.29 is 19.8 Å². The van der Waals surface area contributed by atoms with Crippen LogP contribution in [0.4, 0.5) is 0 Å². The van der Waals surface area contributed by atoms with E-state index in [4.69, 9.17) is 5.11 Å². The second-order valence-electron chi connectivity index (χ2n) is 4.38. The first kappa shape index (κ1) is 14.5. The summed E-state index contributed by atoms with van der Waals surface area (Å²) in [4.78, 5) is 22.6. The number of benzene rings is 1. The molecule has 0 atom stereocenters. The highest BCUT2D eigenvalue weighted by Gasteiger charge is 2.11. The molecule has 3 N–H and O–H groups in total. The van der Waals surface area contributed by atoms with E-state index < -0.39 is 5.97 Å². The van der Waals surface area contributed by atoms with Gasteiger partial charge in [0.05, 0.1) is 12.7 Å². The molecule has 0 saturated carbocycles. The van der Waals surface area contributed by atoms with Gasteiger partial charge in [0.15, 0.2) is 5.69 Å². The minimum atomic E-state index is -1.15. The molecule has 0 aliphatic heterocycles. The number of carbonyl (C=O) groups is 2. The molecule has 0 aliphatic rings. The summed E-state index contributed by atoms with van der Waals surface area (Å²) in [5.74, 6) is -1.41. The molecule has 21 heavy (non-hydrogen) atoms. The molecule has 0 aliphatic carbocycles. The zero-order valence-corrected chi connectivity index (χ0v) is 11.3. The Kier molecular flexibility index (Phi) is 4.17. The second-order valence-corrected chi connectivity index (χ2v) is 4.38. The third-order valence-corrected chi connectivity index (χ3v) is 2.93. The standard InChI is InChI=1S/C13H14N4O4/c1-8-9(3-2-4-11(8)18)12(19)14-5-6-17-7-10(13(20)21)15-16-17/h2-4,7,18H,5-6H2,1H3,(H,14,19)(H,20,21). The minimum absolute atomic E-state index is 0.0602. The number of aromatic carboxylic acids is 1. The number of carboxylic acid groups (broad SMARTS) is 1. The molecule has 1 amide bonds. The van der Waals surface area contributed by atoms with Crippen LogP contribution in [0.25, 0.3) is 0 Å². The van der Waals surface area contributed by atoms with E-state index in [1.807, 2.05) is 0 Å². The molecule has 2 aromatic rings. The fourth-order valence-corrected chi connectivity index (χ4v) is 1.75. The van der Waals surface area contributed by atoms with E-state index in [-0.39, 0.29) is 23.9 Å². The Balaban J connectivity index is 1.92. The van der Waals surface area contributed by atoms with Crippen molar-refractivity contribution >= 4 is 11.9 Å². The number of nitrogens with one attached hydrogen (secondary N) is 1. The number of phenols is 1. The average molecular weight is 290 g/mol. The van der Waals surface area contributed by atoms with E-state index in [9.17, 15) is 14.7 Å². The van der Waals surface area contributed by atoms with Gasteiger partial charge in [-0.25, -0.2) is 9.48 Å².